The summed E-state index contributed by atoms with van der Waals surface area (Å²) >= 11 is 0. The van der Waals surface area contributed by atoms with Crippen LogP contribution in [0.15, 0.2) is 48.5 Å². The summed E-state index contributed by atoms with van der Waals surface area (Å²) in [5, 5.41) is 3.13. The van der Waals surface area contributed by atoms with E-state index < -0.39 is 0 Å². The van der Waals surface area contributed by atoms with Crippen LogP contribution in [0.4, 0.5) is 0 Å². The second-order valence-corrected chi connectivity index (χ2v) is 6.75. The number of nitrogens with zero attached hydrogens (tertiary/aromatic N) is 1. The van der Waals surface area contributed by atoms with E-state index in [9.17, 15) is 4.79 Å². The molecule has 1 unspecified atom stereocenters. The molecule has 0 radical (unpaired) electrons. The maximum absolute atomic E-state index is 12.4. The molecule has 1 heterocycles. The standard InChI is InChI=1S/C21H26N2O/c1-16-5-9-18(10-6-16)20(23-13-3-4-14-23)15-22-21(24)19-11-7-17(2)8-12-19/h5-12,20H,3-4,13-15H2,1-2H3,(H,22,24). The van der Waals surface area contributed by atoms with Crippen LogP contribution >= 0.6 is 0 Å². The van der Waals surface area contributed by atoms with Gasteiger partial charge >= 0.3 is 0 Å². The number of rotatable bonds is 5. The molecule has 0 saturated carbocycles. The molecule has 2 aromatic rings. The van der Waals surface area contributed by atoms with E-state index in [0.717, 1.165) is 18.7 Å². The molecule has 1 aliphatic heterocycles. The third-order valence-electron chi connectivity index (χ3n) is 4.81. The number of likely N-dealkylation sites (tertiary alicyclic amines) is 1. The summed E-state index contributed by atoms with van der Waals surface area (Å²) in [6.07, 6.45) is 2.49. The zero-order valence-electron chi connectivity index (χ0n) is 14.6. The fourth-order valence-electron chi connectivity index (χ4n) is 3.30. The molecule has 126 valence electrons. The predicted molar refractivity (Wildman–Crippen MR) is 98.2 cm³/mol. The maximum Gasteiger partial charge on any atom is 0.251 e. The van der Waals surface area contributed by atoms with Gasteiger partial charge in [-0.3, -0.25) is 9.69 Å². The molecule has 3 heteroatoms. The Morgan fingerprint density at radius 2 is 1.50 bits per heavy atom. The van der Waals surface area contributed by atoms with Crippen LogP contribution in [0.3, 0.4) is 0 Å². The summed E-state index contributed by atoms with van der Waals surface area (Å²) < 4.78 is 0. The highest BCUT2D eigenvalue weighted by Gasteiger charge is 2.24. The van der Waals surface area contributed by atoms with Crippen LogP contribution in [0.2, 0.25) is 0 Å². The van der Waals surface area contributed by atoms with Crippen molar-refractivity contribution in [3.63, 3.8) is 0 Å². The lowest BCUT2D eigenvalue weighted by molar-refractivity contribution is 0.0938. The molecule has 1 N–H and O–H groups in total. The fourth-order valence-corrected chi connectivity index (χ4v) is 3.30. The lowest BCUT2D eigenvalue weighted by Crippen LogP contribution is -2.36. The molecule has 1 fully saturated rings. The highest BCUT2D eigenvalue weighted by atomic mass is 16.1. The van der Waals surface area contributed by atoms with Gasteiger partial charge in [-0.05, 0) is 57.5 Å². The summed E-state index contributed by atoms with van der Waals surface area (Å²) in [6.45, 7) is 7.00. The van der Waals surface area contributed by atoms with E-state index in [2.05, 4.69) is 41.4 Å². The molecule has 3 nitrogen and oxygen atoms in total. The number of carbonyl (C=O) groups excluding carboxylic acids is 1. The van der Waals surface area contributed by atoms with Crippen molar-refractivity contribution in [1.29, 1.82) is 0 Å². The molecule has 0 aromatic heterocycles. The minimum atomic E-state index is 0.00584. The third-order valence-corrected chi connectivity index (χ3v) is 4.81. The largest absolute Gasteiger partial charge is 0.350 e. The second kappa shape index (κ2) is 7.63. The minimum absolute atomic E-state index is 0.00584. The van der Waals surface area contributed by atoms with Crippen molar-refractivity contribution in [2.75, 3.05) is 19.6 Å². The molecule has 3 rings (SSSR count). The first kappa shape index (κ1) is 16.7. The molecule has 0 bridgehead atoms. The van der Waals surface area contributed by atoms with Crippen LogP contribution in [-0.4, -0.2) is 30.4 Å². The van der Waals surface area contributed by atoms with Gasteiger partial charge in [-0.15, -0.1) is 0 Å². The Labute approximate surface area is 144 Å². The van der Waals surface area contributed by atoms with Gasteiger partial charge in [0.1, 0.15) is 0 Å². The zero-order chi connectivity index (χ0) is 16.9. The Morgan fingerprint density at radius 1 is 0.958 bits per heavy atom. The van der Waals surface area contributed by atoms with Gasteiger partial charge in [0, 0.05) is 12.1 Å². The van der Waals surface area contributed by atoms with Crippen LogP contribution in [0.25, 0.3) is 0 Å². The SMILES string of the molecule is Cc1ccc(C(=O)NCC(c2ccc(C)cc2)N2CCCC2)cc1. The molecule has 1 saturated heterocycles. The van der Waals surface area contributed by atoms with Gasteiger partial charge in [-0.2, -0.15) is 0 Å². The van der Waals surface area contributed by atoms with E-state index >= 15 is 0 Å². The van der Waals surface area contributed by atoms with Crippen molar-refractivity contribution in [2.24, 2.45) is 0 Å². The molecule has 0 aliphatic carbocycles. The van der Waals surface area contributed by atoms with Crippen molar-refractivity contribution in [3.05, 3.63) is 70.8 Å². The molecule has 1 aliphatic rings. The van der Waals surface area contributed by atoms with Crippen LogP contribution in [0.1, 0.15) is 45.9 Å². The first-order valence-electron chi connectivity index (χ1n) is 8.79. The summed E-state index contributed by atoms with van der Waals surface area (Å²) in [5.74, 6) is 0.00584. The smallest absolute Gasteiger partial charge is 0.251 e. The van der Waals surface area contributed by atoms with E-state index in [1.54, 1.807) is 0 Å². The third kappa shape index (κ3) is 4.04. The van der Waals surface area contributed by atoms with Gasteiger partial charge in [-0.1, -0.05) is 47.5 Å². The Hall–Kier alpha value is -2.13. The van der Waals surface area contributed by atoms with Gasteiger partial charge < -0.3 is 5.32 Å². The summed E-state index contributed by atoms with van der Waals surface area (Å²) in [4.78, 5) is 14.9. The van der Waals surface area contributed by atoms with E-state index in [4.69, 9.17) is 0 Å². The number of nitrogens with one attached hydrogen (secondary N) is 1. The number of aryl methyl sites for hydroxylation is 2. The summed E-state index contributed by atoms with van der Waals surface area (Å²) in [5.41, 5.74) is 4.44. The predicted octanol–water partition coefficient (Wildman–Crippen LogP) is 3.87. The van der Waals surface area contributed by atoms with Crippen molar-refractivity contribution >= 4 is 5.91 Å². The lowest BCUT2D eigenvalue weighted by atomic mass is 10.0. The normalized spacial score (nSPS) is 16.1. The maximum atomic E-state index is 12.4. The molecule has 0 spiro atoms. The van der Waals surface area contributed by atoms with Gasteiger partial charge in [0.25, 0.3) is 5.91 Å². The highest BCUT2D eigenvalue weighted by molar-refractivity contribution is 5.94. The average molecular weight is 322 g/mol. The number of hydrogen-bond donors (Lipinski definition) is 1. The average Bonchev–Trinajstić information content (AvgIpc) is 3.11. The minimum Gasteiger partial charge on any atom is -0.350 e. The Morgan fingerprint density at radius 3 is 2.08 bits per heavy atom. The van der Waals surface area contributed by atoms with Gasteiger partial charge in [-0.25, -0.2) is 0 Å². The fraction of sp³-hybridized carbons (Fsp3) is 0.381. The van der Waals surface area contributed by atoms with Crippen molar-refractivity contribution in [1.82, 2.24) is 10.2 Å². The first-order chi connectivity index (χ1) is 11.6. The molecular formula is C21H26N2O. The Kier molecular flexibility index (Phi) is 5.31. The van der Waals surface area contributed by atoms with E-state index in [0.29, 0.717) is 6.54 Å². The van der Waals surface area contributed by atoms with Gasteiger partial charge in [0.2, 0.25) is 0 Å². The lowest BCUT2D eigenvalue weighted by Gasteiger charge is -2.28. The van der Waals surface area contributed by atoms with Crippen molar-refractivity contribution in [2.45, 2.75) is 32.7 Å². The summed E-state index contributed by atoms with van der Waals surface area (Å²) in [7, 11) is 0. The Balaban J connectivity index is 1.70. The first-order valence-corrected chi connectivity index (χ1v) is 8.79. The van der Waals surface area contributed by atoms with Crippen molar-refractivity contribution in [3.8, 4) is 0 Å². The highest BCUT2D eigenvalue weighted by Crippen LogP contribution is 2.25. The van der Waals surface area contributed by atoms with Gasteiger partial charge in [0.15, 0.2) is 0 Å². The Bertz CT molecular complexity index is 670. The van der Waals surface area contributed by atoms with Crippen LogP contribution in [0, 0.1) is 13.8 Å². The number of carbonyl (C=O) groups is 1. The van der Waals surface area contributed by atoms with E-state index in [1.165, 1.54) is 29.5 Å². The van der Waals surface area contributed by atoms with Crippen LogP contribution in [-0.2, 0) is 0 Å². The molecule has 1 amide bonds. The number of amides is 1. The van der Waals surface area contributed by atoms with E-state index in [-0.39, 0.29) is 11.9 Å². The van der Waals surface area contributed by atoms with E-state index in [1.807, 2.05) is 31.2 Å². The number of benzene rings is 2. The molecule has 1 atom stereocenters. The zero-order valence-corrected chi connectivity index (χ0v) is 14.6. The monoisotopic (exact) mass is 322 g/mol. The second-order valence-electron chi connectivity index (χ2n) is 6.75. The molecule has 2 aromatic carbocycles. The van der Waals surface area contributed by atoms with Crippen LogP contribution < -0.4 is 5.32 Å². The molecular weight excluding hydrogens is 296 g/mol. The quantitative estimate of drug-likeness (QED) is 0.906. The van der Waals surface area contributed by atoms with Crippen LogP contribution in [0.5, 0.6) is 0 Å². The van der Waals surface area contributed by atoms with Crippen molar-refractivity contribution < 1.29 is 4.79 Å². The topological polar surface area (TPSA) is 32.3 Å². The summed E-state index contributed by atoms with van der Waals surface area (Å²) in [6, 6.07) is 16.7. The molecule has 24 heavy (non-hydrogen) atoms. The number of hydrogen-bond acceptors (Lipinski definition) is 2. The van der Waals surface area contributed by atoms with Gasteiger partial charge in [0.05, 0.1) is 6.04 Å².